The topological polar surface area (TPSA) is 41.1 Å². The van der Waals surface area contributed by atoms with Crippen LogP contribution in [0.2, 0.25) is 0 Å². The van der Waals surface area contributed by atoms with Crippen LogP contribution < -0.4 is 10.6 Å². The zero-order valence-electron chi connectivity index (χ0n) is 8.60. The van der Waals surface area contributed by atoms with Crippen LogP contribution in [0.25, 0.3) is 0 Å². The highest BCUT2D eigenvalue weighted by Gasteiger charge is 2.19. The molecule has 1 unspecified atom stereocenters. The molecule has 2 N–H and O–H groups in total. The molecule has 0 bridgehead atoms. The SMILES string of the molecule is CC(C)NC(=O)C1CCCNCC1. The van der Waals surface area contributed by atoms with E-state index in [1.54, 1.807) is 0 Å². The first-order valence-corrected chi connectivity index (χ1v) is 5.21. The zero-order chi connectivity index (χ0) is 9.68. The van der Waals surface area contributed by atoms with E-state index in [4.69, 9.17) is 0 Å². The Labute approximate surface area is 80.3 Å². The molecule has 3 heteroatoms. The fraction of sp³-hybridized carbons (Fsp3) is 0.900. The van der Waals surface area contributed by atoms with Crippen LogP contribution >= 0.6 is 0 Å². The quantitative estimate of drug-likeness (QED) is 0.669. The van der Waals surface area contributed by atoms with Gasteiger partial charge in [-0.15, -0.1) is 0 Å². The van der Waals surface area contributed by atoms with Crippen molar-refractivity contribution < 1.29 is 4.79 Å². The van der Waals surface area contributed by atoms with Crippen molar-refractivity contribution in [1.29, 1.82) is 0 Å². The third-order valence-corrected chi connectivity index (χ3v) is 2.38. The Hall–Kier alpha value is -0.570. The minimum atomic E-state index is 0.234. The standard InChI is InChI=1S/C10H20N2O/c1-8(2)12-10(13)9-4-3-6-11-7-5-9/h8-9,11H,3-7H2,1-2H3,(H,12,13). The van der Waals surface area contributed by atoms with Crippen molar-refractivity contribution in [3.8, 4) is 0 Å². The number of hydrogen-bond acceptors (Lipinski definition) is 2. The molecule has 0 aromatic heterocycles. The Morgan fingerprint density at radius 3 is 2.85 bits per heavy atom. The average Bonchev–Trinajstić information content (AvgIpc) is 2.29. The molecule has 1 aliphatic rings. The highest BCUT2D eigenvalue weighted by atomic mass is 16.1. The van der Waals surface area contributed by atoms with E-state index in [2.05, 4.69) is 10.6 Å². The Morgan fingerprint density at radius 1 is 1.38 bits per heavy atom. The van der Waals surface area contributed by atoms with Gasteiger partial charge in [-0.1, -0.05) is 0 Å². The molecule has 0 spiro atoms. The molecule has 1 rings (SSSR count). The number of hydrogen-bond donors (Lipinski definition) is 2. The van der Waals surface area contributed by atoms with Crippen molar-refractivity contribution in [3.63, 3.8) is 0 Å². The predicted octanol–water partition coefficient (Wildman–Crippen LogP) is 0.901. The number of amides is 1. The Morgan fingerprint density at radius 2 is 2.15 bits per heavy atom. The average molecular weight is 184 g/mol. The van der Waals surface area contributed by atoms with Gasteiger partial charge in [0.15, 0.2) is 0 Å². The lowest BCUT2D eigenvalue weighted by Crippen LogP contribution is -2.35. The maximum atomic E-state index is 11.6. The summed E-state index contributed by atoms with van der Waals surface area (Å²) in [6, 6.07) is 0.267. The number of rotatable bonds is 2. The van der Waals surface area contributed by atoms with Crippen molar-refractivity contribution in [3.05, 3.63) is 0 Å². The van der Waals surface area contributed by atoms with Crippen LogP contribution in [0.5, 0.6) is 0 Å². The summed E-state index contributed by atoms with van der Waals surface area (Å²) in [7, 11) is 0. The van der Waals surface area contributed by atoms with Crippen LogP contribution in [0, 0.1) is 5.92 Å². The molecule has 0 aliphatic carbocycles. The first-order chi connectivity index (χ1) is 6.20. The predicted molar refractivity (Wildman–Crippen MR) is 53.5 cm³/mol. The van der Waals surface area contributed by atoms with E-state index in [-0.39, 0.29) is 17.9 Å². The fourth-order valence-corrected chi connectivity index (χ4v) is 1.68. The van der Waals surface area contributed by atoms with E-state index in [1.165, 1.54) is 0 Å². The molecule has 0 aromatic rings. The Kier molecular flexibility index (Phi) is 4.22. The van der Waals surface area contributed by atoms with Crippen LogP contribution in [-0.2, 0) is 4.79 Å². The van der Waals surface area contributed by atoms with Gasteiger partial charge in [0, 0.05) is 12.0 Å². The van der Waals surface area contributed by atoms with Gasteiger partial charge in [0.2, 0.25) is 5.91 Å². The maximum absolute atomic E-state index is 11.6. The molecule has 0 radical (unpaired) electrons. The molecule has 13 heavy (non-hydrogen) atoms. The molecular weight excluding hydrogens is 164 g/mol. The summed E-state index contributed by atoms with van der Waals surface area (Å²) in [5.74, 6) is 0.469. The third kappa shape index (κ3) is 3.77. The fourth-order valence-electron chi connectivity index (χ4n) is 1.68. The molecular formula is C10H20N2O. The largest absolute Gasteiger partial charge is 0.354 e. The van der Waals surface area contributed by atoms with Crippen molar-refractivity contribution in [2.45, 2.75) is 39.2 Å². The van der Waals surface area contributed by atoms with E-state index in [9.17, 15) is 4.79 Å². The normalized spacial score (nSPS) is 24.1. The molecule has 1 fully saturated rings. The summed E-state index contributed by atoms with van der Waals surface area (Å²) in [6.07, 6.45) is 3.14. The van der Waals surface area contributed by atoms with E-state index < -0.39 is 0 Å². The number of carbonyl (C=O) groups is 1. The molecule has 1 atom stereocenters. The van der Waals surface area contributed by atoms with Gasteiger partial charge in [-0.25, -0.2) is 0 Å². The lowest BCUT2D eigenvalue weighted by molar-refractivity contribution is -0.125. The maximum Gasteiger partial charge on any atom is 0.223 e. The summed E-state index contributed by atoms with van der Waals surface area (Å²) in [5, 5.41) is 6.28. The smallest absolute Gasteiger partial charge is 0.223 e. The van der Waals surface area contributed by atoms with Gasteiger partial charge in [-0.2, -0.15) is 0 Å². The van der Waals surface area contributed by atoms with Gasteiger partial charge in [0.05, 0.1) is 0 Å². The van der Waals surface area contributed by atoms with Gasteiger partial charge in [0.1, 0.15) is 0 Å². The minimum Gasteiger partial charge on any atom is -0.354 e. The summed E-state index contributed by atoms with van der Waals surface area (Å²) in [5.41, 5.74) is 0. The van der Waals surface area contributed by atoms with Crippen molar-refractivity contribution in [1.82, 2.24) is 10.6 Å². The molecule has 0 aromatic carbocycles. The molecule has 1 amide bonds. The van der Waals surface area contributed by atoms with Gasteiger partial charge < -0.3 is 10.6 Å². The van der Waals surface area contributed by atoms with Crippen LogP contribution in [0.4, 0.5) is 0 Å². The summed E-state index contributed by atoms with van der Waals surface area (Å²) >= 11 is 0. The van der Waals surface area contributed by atoms with Crippen LogP contribution in [0.15, 0.2) is 0 Å². The minimum absolute atomic E-state index is 0.234. The van der Waals surface area contributed by atoms with Crippen molar-refractivity contribution in [2.24, 2.45) is 5.92 Å². The molecule has 3 nitrogen and oxygen atoms in total. The van der Waals surface area contributed by atoms with E-state index in [0.29, 0.717) is 0 Å². The Bertz CT molecular complexity index is 160. The lowest BCUT2D eigenvalue weighted by atomic mass is 9.99. The van der Waals surface area contributed by atoms with Crippen LogP contribution in [0.1, 0.15) is 33.1 Å². The van der Waals surface area contributed by atoms with Gasteiger partial charge in [-0.3, -0.25) is 4.79 Å². The van der Waals surface area contributed by atoms with E-state index in [1.807, 2.05) is 13.8 Å². The molecule has 1 heterocycles. The first-order valence-electron chi connectivity index (χ1n) is 5.21. The van der Waals surface area contributed by atoms with Crippen molar-refractivity contribution in [2.75, 3.05) is 13.1 Å². The molecule has 0 saturated carbocycles. The second kappa shape index (κ2) is 5.22. The number of carbonyl (C=O) groups excluding carboxylic acids is 1. The zero-order valence-corrected chi connectivity index (χ0v) is 8.60. The second-order valence-corrected chi connectivity index (χ2v) is 4.04. The van der Waals surface area contributed by atoms with Gasteiger partial charge >= 0.3 is 0 Å². The summed E-state index contributed by atoms with van der Waals surface area (Å²) < 4.78 is 0. The van der Waals surface area contributed by atoms with Crippen LogP contribution in [0.3, 0.4) is 0 Å². The van der Waals surface area contributed by atoms with Crippen LogP contribution in [-0.4, -0.2) is 25.0 Å². The second-order valence-electron chi connectivity index (χ2n) is 4.04. The highest BCUT2D eigenvalue weighted by molar-refractivity contribution is 5.78. The first kappa shape index (κ1) is 10.5. The Balaban J connectivity index is 2.35. The highest BCUT2D eigenvalue weighted by Crippen LogP contribution is 2.13. The molecule has 1 aliphatic heterocycles. The van der Waals surface area contributed by atoms with E-state index >= 15 is 0 Å². The summed E-state index contributed by atoms with van der Waals surface area (Å²) in [4.78, 5) is 11.6. The lowest BCUT2D eigenvalue weighted by Gasteiger charge is -2.15. The molecule has 1 saturated heterocycles. The number of nitrogens with one attached hydrogen (secondary N) is 2. The monoisotopic (exact) mass is 184 g/mol. The summed E-state index contributed by atoms with van der Waals surface area (Å²) in [6.45, 7) is 6.06. The van der Waals surface area contributed by atoms with E-state index in [0.717, 1.165) is 32.4 Å². The van der Waals surface area contributed by atoms with Gasteiger partial charge in [0.25, 0.3) is 0 Å². The van der Waals surface area contributed by atoms with Gasteiger partial charge in [-0.05, 0) is 46.2 Å². The third-order valence-electron chi connectivity index (χ3n) is 2.38. The van der Waals surface area contributed by atoms with Crippen molar-refractivity contribution >= 4 is 5.91 Å². The molecule has 76 valence electrons.